The average Bonchev–Trinajstić information content (AvgIpc) is 3.29. The summed E-state index contributed by atoms with van der Waals surface area (Å²) in [6.07, 6.45) is 5.49. The number of nitrogens with zero attached hydrogens (tertiary/aromatic N) is 2. The maximum Gasteiger partial charge on any atom is 0.318 e. The number of ether oxygens (including phenoxy) is 1. The molecule has 1 aliphatic carbocycles. The Morgan fingerprint density at radius 2 is 2.08 bits per heavy atom. The molecule has 1 aliphatic heterocycles. The van der Waals surface area contributed by atoms with Gasteiger partial charge in [-0.2, -0.15) is 0 Å². The predicted molar refractivity (Wildman–Crippen MR) is 95.4 cm³/mol. The number of hydrogen-bond donors (Lipinski definition) is 1. The van der Waals surface area contributed by atoms with Crippen molar-refractivity contribution < 1.29 is 18.8 Å². The Bertz CT molecular complexity index is 622. The highest BCUT2D eigenvalue weighted by Crippen LogP contribution is 2.33. The van der Waals surface area contributed by atoms with Crippen LogP contribution in [0.1, 0.15) is 62.9 Å². The summed E-state index contributed by atoms with van der Waals surface area (Å²) >= 11 is 0. The second-order valence-corrected chi connectivity index (χ2v) is 7.38. The molecule has 7 heteroatoms. The minimum Gasteiger partial charge on any atom is -0.466 e. The third-order valence-corrected chi connectivity index (χ3v) is 5.50. The van der Waals surface area contributed by atoms with Gasteiger partial charge < -0.3 is 19.5 Å². The summed E-state index contributed by atoms with van der Waals surface area (Å²) in [4.78, 5) is 26.3. The number of hydrogen-bond acceptors (Lipinski definition) is 5. The minimum absolute atomic E-state index is 0.0178. The Morgan fingerprint density at radius 1 is 1.31 bits per heavy atom. The summed E-state index contributed by atoms with van der Waals surface area (Å²) in [5, 5.41) is 7.02. The van der Waals surface area contributed by atoms with Crippen LogP contribution in [0, 0.1) is 18.8 Å². The molecule has 1 saturated heterocycles. The van der Waals surface area contributed by atoms with Gasteiger partial charge in [-0.1, -0.05) is 5.16 Å². The standard InChI is InChI=1S/C19H29N3O4/c1-3-25-18(23)15-8-6-14(7-9-15)12-20-19(24)22-10-4-5-16(22)17-11-13(2)21-26-17/h11,14-16H,3-10,12H2,1-2H3,(H,20,24)/t14?,15?,16-/m0/s1. The summed E-state index contributed by atoms with van der Waals surface area (Å²) in [5.74, 6) is 1.15. The Labute approximate surface area is 154 Å². The molecule has 3 rings (SSSR count). The lowest BCUT2D eigenvalue weighted by Crippen LogP contribution is -2.42. The van der Waals surface area contributed by atoms with E-state index in [0.29, 0.717) is 19.1 Å². The van der Waals surface area contributed by atoms with E-state index in [0.717, 1.165) is 56.5 Å². The summed E-state index contributed by atoms with van der Waals surface area (Å²) < 4.78 is 10.5. The molecule has 26 heavy (non-hydrogen) atoms. The smallest absolute Gasteiger partial charge is 0.318 e. The third-order valence-electron chi connectivity index (χ3n) is 5.50. The van der Waals surface area contributed by atoms with E-state index in [1.54, 1.807) is 0 Å². The van der Waals surface area contributed by atoms with Crippen LogP contribution in [-0.4, -0.2) is 41.8 Å². The summed E-state index contributed by atoms with van der Waals surface area (Å²) in [6.45, 7) is 5.57. The van der Waals surface area contributed by atoms with Gasteiger partial charge >= 0.3 is 12.0 Å². The van der Waals surface area contributed by atoms with Crippen LogP contribution in [-0.2, 0) is 9.53 Å². The first-order valence-electron chi connectivity index (χ1n) is 9.72. The van der Waals surface area contributed by atoms with Crippen LogP contribution in [0.4, 0.5) is 4.79 Å². The van der Waals surface area contributed by atoms with E-state index in [9.17, 15) is 9.59 Å². The van der Waals surface area contributed by atoms with Crippen molar-refractivity contribution in [2.75, 3.05) is 19.7 Å². The zero-order chi connectivity index (χ0) is 18.5. The number of urea groups is 1. The molecular formula is C19H29N3O4. The number of likely N-dealkylation sites (tertiary alicyclic amines) is 1. The molecule has 2 amide bonds. The fourth-order valence-corrected chi connectivity index (χ4v) is 4.04. The van der Waals surface area contributed by atoms with Crippen LogP contribution in [0.15, 0.2) is 10.6 Å². The second kappa shape index (κ2) is 8.56. The van der Waals surface area contributed by atoms with Gasteiger partial charge in [0, 0.05) is 19.2 Å². The number of carbonyl (C=O) groups is 2. The highest BCUT2D eigenvalue weighted by molar-refractivity contribution is 5.75. The van der Waals surface area contributed by atoms with Gasteiger partial charge in [0.25, 0.3) is 0 Å². The molecule has 2 aliphatic rings. The van der Waals surface area contributed by atoms with Crippen molar-refractivity contribution in [1.82, 2.24) is 15.4 Å². The second-order valence-electron chi connectivity index (χ2n) is 7.38. The van der Waals surface area contributed by atoms with Crippen molar-refractivity contribution >= 4 is 12.0 Å². The topological polar surface area (TPSA) is 84.7 Å². The SMILES string of the molecule is CCOC(=O)C1CCC(CNC(=O)N2CCC[C@H]2c2cc(C)no2)CC1. The summed E-state index contributed by atoms with van der Waals surface area (Å²) in [7, 11) is 0. The molecule has 0 aromatic carbocycles. The fourth-order valence-electron chi connectivity index (χ4n) is 4.04. The molecule has 0 bridgehead atoms. The van der Waals surface area contributed by atoms with Gasteiger partial charge in [-0.25, -0.2) is 4.79 Å². The van der Waals surface area contributed by atoms with Gasteiger partial charge in [-0.3, -0.25) is 4.79 Å². The highest BCUT2D eigenvalue weighted by Gasteiger charge is 2.33. The van der Waals surface area contributed by atoms with Gasteiger partial charge in [0.1, 0.15) is 0 Å². The van der Waals surface area contributed by atoms with Crippen molar-refractivity contribution in [2.24, 2.45) is 11.8 Å². The van der Waals surface area contributed by atoms with E-state index in [-0.39, 0.29) is 24.0 Å². The number of amides is 2. The number of aromatic nitrogens is 1. The van der Waals surface area contributed by atoms with E-state index in [1.165, 1.54) is 0 Å². The molecule has 2 fully saturated rings. The zero-order valence-electron chi connectivity index (χ0n) is 15.7. The lowest BCUT2D eigenvalue weighted by molar-refractivity contribution is -0.149. The molecule has 144 valence electrons. The highest BCUT2D eigenvalue weighted by atomic mass is 16.5. The number of aryl methyl sites for hydroxylation is 1. The molecule has 0 spiro atoms. The molecule has 0 radical (unpaired) electrons. The fraction of sp³-hybridized carbons (Fsp3) is 0.737. The minimum atomic E-state index is -0.0720. The van der Waals surface area contributed by atoms with Gasteiger partial charge in [-0.15, -0.1) is 0 Å². The quantitative estimate of drug-likeness (QED) is 0.812. The van der Waals surface area contributed by atoms with Crippen LogP contribution >= 0.6 is 0 Å². The van der Waals surface area contributed by atoms with Crippen molar-refractivity contribution in [1.29, 1.82) is 0 Å². The van der Waals surface area contributed by atoms with Gasteiger partial charge in [0.15, 0.2) is 5.76 Å². The Hall–Kier alpha value is -2.05. The van der Waals surface area contributed by atoms with Crippen molar-refractivity contribution in [3.63, 3.8) is 0 Å². The molecule has 1 saturated carbocycles. The summed E-state index contributed by atoms with van der Waals surface area (Å²) in [5.41, 5.74) is 0.839. The first kappa shape index (κ1) is 18.7. The maximum atomic E-state index is 12.6. The maximum absolute atomic E-state index is 12.6. The first-order valence-corrected chi connectivity index (χ1v) is 9.72. The van der Waals surface area contributed by atoms with Crippen LogP contribution in [0.5, 0.6) is 0 Å². The van der Waals surface area contributed by atoms with E-state index in [4.69, 9.17) is 9.26 Å². The largest absolute Gasteiger partial charge is 0.466 e. The Kier molecular flexibility index (Phi) is 6.16. The molecule has 0 unspecified atom stereocenters. The Morgan fingerprint density at radius 3 is 2.73 bits per heavy atom. The molecule has 1 N–H and O–H groups in total. The molecule has 1 atom stereocenters. The van der Waals surface area contributed by atoms with Crippen molar-refractivity contribution in [3.8, 4) is 0 Å². The van der Waals surface area contributed by atoms with Gasteiger partial charge in [-0.05, 0) is 58.3 Å². The van der Waals surface area contributed by atoms with E-state index in [1.807, 2.05) is 24.8 Å². The molecule has 2 heterocycles. The molecule has 1 aromatic rings. The first-order chi connectivity index (χ1) is 12.6. The van der Waals surface area contributed by atoms with Crippen molar-refractivity contribution in [3.05, 3.63) is 17.5 Å². The summed E-state index contributed by atoms with van der Waals surface area (Å²) in [6, 6.07) is 1.86. The van der Waals surface area contributed by atoms with Gasteiger partial charge in [0.2, 0.25) is 0 Å². The number of nitrogens with one attached hydrogen (secondary N) is 1. The average molecular weight is 363 g/mol. The lowest BCUT2D eigenvalue weighted by Gasteiger charge is -2.29. The molecule has 7 nitrogen and oxygen atoms in total. The Balaban J connectivity index is 1.45. The van der Waals surface area contributed by atoms with E-state index < -0.39 is 0 Å². The number of carbonyl (C=O) groups excluding carboxylic acids is 2. The third kappa shape index (κ3) is 4.37. The molecular weight excluding hydrogens is 334 g/mol. The van der Waals surface area contributed by atoms with E-state index in [2.05, 4.69) is 10.5 Å². The normalized spacial score (nSPS) is 25.9. The van der Waals surface area contributed by atoms with Crippen molar-refractivity contribution in [2.45, 2.75) is 58.4 Å². The van der Waals surface area contributed by atoms with Gasteiger partial charge in [0.05, 0.1) is 24.3 Å². The number of esters is 1. The molecule has 1 aromatic heterocycles. The van der Waals surface area contributed by atoms with Crippen LogP contribution in [0.3, 0.4) is 0 Å². The van der Waals surface area contributed by atoms with Crippen LogP contribution in [0.2, 0.25) is 0 Å². The van der Waals surface area contributed by atoms with Crippen LogP contribution in [0.25, 0.3) is 0 Å². The zero-order valence-corrected chi connectivity index (χ0v) is 15.7. The predicted octanol–water partition coefficient (Wildman–Crippen LogP) is 3.20. The number of rotatable bonds is 5. The van der Waals surface area contributed by atoms with Crippen LogP contribution < -0.4 is 5.32 Å². The lowest BCUT2D eigenvalue weighted by atomic mass is 9.82. The van der Waals surface area contributed by atoms with E-state index >= 15 is 0 Å². The monoisotopic (exact) mass is 363 g/mol.